The van der Waals surface area contributed by atoms with E-state index < -0.39 is 0 Å². The zero-order chi connectivity index (χ0) is 22.1. The van der Waals surface area contributed by atoms with Crippen LogP contribution in [0.25, 0.3) is 0 Å². The molecule has 1 amide bonds. The van der Waals surface area contributed by atoms with Crippen molar-refractivity contribution in [3.05, 3.63) is 60.7 Å². The Morgan fingerprint density at radius 3 is 2.52 bits per heavy atom. The van der Waals surface area contributed by atoms with E-state index in [0.29, 0.717) is 18.8 Å². The van der Waals surface area contributed by atoms with E-state index >= 15 is 0 Å². The van der Waals surface area contributed by atoms with Crippen molar-refractivity contribution < 1.29 is 9.59 Å². The Balaban J connectivity index is 1.64. The lowest BCUT2D eigenvalue weighted by molar-refractivity contribution is -0.134. The van der Waals surface area contributed by atoms with Gasteiger partial charge < -0.3 is 9.69 Å². The van der Waals surface area contributed by atoms with Gasteiger partial charge >= 0.3 is 0 Å². The highest BCUT2D eigenvalue weighted by molar-refractivity contribution is 9.10. The number of hydrogen-bond acceptors (Lipinski definition) is 3. The van der Waals surface area contributed by atoms with Gasteiger partial charge in [-0.15, -0.1) is 0 Å². The Morgan fingerprint density at radius 1 is 1.10 bits per heavy atom. The molecule has 4 nitrogen and oxygen atoms in total. The van der Waals surface area contributed by atoms with Crippen molar-refractivity contribution in [1.82, 2.24) is 9.88 Å². The molecule has 0 unspecified atom stereocenters. The van der Waals surface area contributed by atoms with E-state index in [1.165, 1.54) is 23.6 Å². The molecule has 0 bridgehead atoms. The predicted molar refractivity (Wildman–Crippen MR) is 130 cm³/mol. The molecule has 1 fully saturated rings. The molecule has 0 radical (unpaired) electrons. The third-order valence-corrected chi connectivity index (χ3v) is 7.78. The first-order valence-corrected chi connectivity index (χ1v) is 12.7. The first kappa shape index (κ1) is 22.9. The number of ketones is 1. The van der Waals surface area contributed by atoms with Crippen LogP contribution in [0.1, 0.15) is 60.9 Å². The number of fused-ring (bicyclic) bond motifs is 2. The smallest absolute Gasteiger partial charge is 0.223 e. The molecule has 2 heterocycles. The molecule has 1 aliphatic carbocycles. The van der Waals surface area contributed by atoms with Crippen LogP contribution in [0.3, 0.4) is 0 Å². The number of benzene rings is 1. The molecular weight excluding hydrogens is 544 g/mol. The highest BCUT2D eigenvalue weighted by atomic mass is 79.9. The molecule has 1 saturated heterocycles. The van der Waals surface area contributed by atoms with Crippen molar-refractivity contribution in [2.24, 2.45) is 5.92 Å². The van der Waals surface area contributed by atoms with Gasteiger partial charge in [-0.25, -0.2) is 0 Å². The molecule has 1 aliphatic heterocycles. The van der Waals surface area contributed by atoms with Crippen LogP contribution in [-0.4, -0.2) is 34.7 Å². The van der Waals surface area contributed by atoms with Crippen LogP contribution in [0, 0.1) is 5.92 Å². The average Bonchev–Trinajstić information content (AvgIpc) is 2.89. The van der Waals surface area contributed by atoms with Crippen LogP contribution in [-0.2, 0) is 22.4 Å². The van der Waals surface area contributed by atoms with E-state index in [2.05, 4.69) is 44.0 Å². The van der Waals surface area contributed by atoms with E-state index in [-0.39, 0.29) is 17.6 Å². The second-order valence-corrected chi connectivity index (χ2v) is 10.8. The quantitative estimate of drug-likeness (QED) is 0.448. The summed E-state index contributed by atoms with van der Waals surface area (Å²) in [4.78, 5) is 30.5. The van der Waals surface area contributed by atoms with Crippen molar-refractivity contribution in [3.8, 4) is 0 Å². The second kappa shape index (κ2) is 9.72. The Labute approximate surface area is 205 Å². The molecule has 164 valence electrons. The summed E-state index contributed by atoms with van der Waals surface area (Å²) in [7, 11) is 0. The minimum Gasteiger partial charge on any atom is -0.343 e. The summed E-state index contributed by atoms with van der Waals surface area (Å²) in [6.45, 7) is 2.99. The lowest BCUT2D eigenvalue weighted by Gasteiger charge is -2.37. The van der Waals surface area contributed by atoms with E-state index in [1.54, 1.807) is 0 Å². The van der Waals surface area contributed by atoms with Crippen molar-refractivity contribution in [1.29, 1.82) is 0 Å². The third kappa shape index (κ3) is 5.07. The van der Waals surface area contributed by atoms with Crippen LogP contribution in [0.15, 0.2) is 33.3 Å². The molecule has 2 aromatic rings. The Bertz CT molecular complexity index is 1020. The van der Waals surface area contributed by atoms with Gasteiger partial charge in [-0.05, 0) is 89.3 Å². The standard InChI is InChI=1S/C24H25Br2ClN2O2/c1-14(30)2-5-21(31)29-8-6-15(7-9-29)23-22-16(11-19(27)12-20(22)26)3-4-17-10-18(25)13-28-24(17)23/h10-13,15,23H,2-9H2,1H3/t23-/m1/s1. The number of pyridine rings is 1. The van der Waals surface area contributed by atoms with Crippen LogP contribution in [0.2, 0.25) is 5.02 Å². The monoisotopic (exact) mass is 566 g/mol. The van der Waals surface area contributed by atoms with Crippen LogP contribution in [0.5, 0.6) is 0 Å². The van der Waals surface area contributed by atoms with Gasteiger partial charge in [-0.3, -0.25) is 9.78 Å². The van der Waals surface area contributed by atoms with Gasteiger partial charge in [0, 0.05) is 52.0 Å². The summed E-state index contributed by atoms with van der Waals surface area (Å²) in [6, 6.07) is 6.27. The van der Waals surface area contributed by atoms with Gasteiger partial charge in [-0.1, -0.05) is 27.5 Å². The largest absolute Gasteiger partial charge is 0.343 e. The highest BCUT2D eigenvalue weighted by Crippen LogP contribution is 2.46. The van der Waals surface area contributed by atoms with Crippen molar-refractivity contribution in [3.63, 3.8) is 0 Å². The lowest BCUT2D eigenvalue weighted by Crippen LogP contribution is -2.40. The number of aromatic nitrogens is 1. The van der Waals surface area contributed by atoms with E-state index in [0.717, 1.165) is 58.4 Å². The van der Waals surface area contributed by atoms with E-state index in [9.17, 15) is 9.59 Å². The maximum absolute atomic E-state index is 12.5. The fourth-order valence-corrected chi connectivity index (χ4v) is 6.45. The van der Waals surface area contributed by atoms with E-state index in [4.69, 9.17) is 16.6 Å². The van der Waals surface area contributed by atoms with Crippen molar-refractivity contribution in [2.45, 2.75) is 51.4 Å². The number of hydrogen-bond donors (Lipinski definition) is 0. The van der Waals surface area contributed by atoms with Crippen LogP contribution >= 0.6 is 43.5 Å². The summed E-state index contributed by atoms with van der Waals surface area (Å²) in [5.74, 6) is 0.710. The molecule has 0 saturated carbocycles. The fourth-order valence-electron chi connectivity index (χ4n) is 4.95. The van der Waals surface area contributed by atoms with Gasteiger partial charge in [0.05, 0.1) is 5.69 Å². The number of carbonyl (C=O) groups excluding carboxylic acids is 2. The summed E-state index contributed by atoms with van der Waals surface area (Å²) in [5.41, 5.74) is 4.99. The molecule has 2 aliphatic rings. The van der Waals surface area contributed by atoms with Crippen LogP contribution in [0.4, 0.5) is 0 Å². The van der Waals surface area contributed by atoms with Gasteiger partial charge in [-0.2, -0.15) is 0 Å². The molecule has 1 atom stereocenters. The SMILES string of the molecule is CC(=O)CCC(=O)N1CCC([C@H]2c3ncc(Br)cc3CCc3cc(Cl)cc(Br)c32)CC1. The second-order valence-electron chi connectivity index (χ2n) is 8.56. The average molecular weight is 569 g/mol. The first-order chi connectivity index (χ1) is 14.8. The number of aryl methyl sites for hydroxylation is 2. The number of nitrogens with zero attached hydrogens (tertiary/aromatic N) is 2. The molecule has 4 rings (SSSR count). The Hall–Kier alpha value is -1.24. The molecule has 0 spiro atoms. The molecule has 1 aromatic heterocycles. The van der Waals surface area contributed by atoms with Crippen molar-refractivity contribution in [2.75, 3.05) is 13.1 Å². The molecule has 7 heteroatoms. The first-order valence-electron chi connectivity index (χ1n) is 10.7. The Morgan fingerprint density at radius 2 is 1.81 bits per heavy atom. The summed E-state index contributed by atoms with van der Waals surface area (Å²) >= 11 is 13.8. The number of amides is 1. The predicted octanol–water partition coefficient (Wildman–Crippen LogP) is 6.10. The minimum absolute atomic E-state index is 0.0654. The minimum atomic E-state index is 0.0654. The Kier molecular flexibility index (Phi) is 7.19. The maximum atomic E-state index is 12.5. The van der Waals surface area contributed by atoms with Gasteiger partial charge in [0.2, 0.25) is 5.91 Å². The highest BCUT2D eigenvalue weighted by Gasteiger charge is 2.36. The molecule has 31 heavy (non-hydrogen) atoms. The van der Waals surface area contributed by atoms with Crippen LogP contribution < -0.4 is 0 Å². The third-order valence-electron chi connectivity index (χ3n) is 6.47. The molecule has 0 N–H and O–H groups in total. The summed E-state index contributed by atoms with van der Waals surface area (Å²) in [6.07, 6.45) is 6.23. The van der Waals surface area contributed by atoms with Gasteiger partial charge in [0.15, 0.2) is 0 Å². The summed E-state index contributed by atoms with van der Waals surface area (Å²) in [5, 5.41) is 0.746. The van der Waals surface area contributed by atoms with Gasteiger partial charge in [0.1, 0.15) is 5.78 Å². The number of carbonyl (C=O) groups is 2. The molecular formula is C24H25Br2ClN2O2. The number of piperidine rings is 1. The van der Waals surface area contributed by atoms with Gasteiger partial charge in [0.25, 0.3) is 0 Å². The zero-order valence-corrected chi connectivity index (χ0v) is 21.4. The van der Waals surface area contributed by atoms with Crippen molar-refractivity contribution >= 4 is 55.2 Å². The maximum Gasteiger partial charge on any atom is 0.223 e. The normalized spacial score (nSPS) is 18.8. The van der Waals surface area contributed by atoms with E-state index in [1.807, 2.05) is 17.2 Å². The number of halogens is 3. The topological polar surface area (TPSA) is 50.3 Å². The zero-order valence-electron chi connectivity index (χ0n) is 17.5. The number of rotatable bonds is 4. The summed E-state index contributed by atoms with van der Waals surface area (Å²) < 4.78 is 2.04. The number of likely N-dealkylation sites (tertiary alicyclic amines) is 1. The number of Topliss-reactive ketones (excluding diaryl/α,β-unsaturated/α-hetero) is 1. The lowest BCUT2D eigenvalue weighted by atomic mass is 9.76. The molecule has 1 aromatic carbocycles. The fraction of sp³-hybridized carbons (Fsp3) is 0.458.